The molecule has 0 radical (unpaired) electrons. The van der Waals surface area contributed by atoms with Crippen LogP contribution in [0.1, 0.15) is 0 Å². The molecule has 0 aliphatic heterocycles. The van der Waals surface area contributed by atoms with Crippen molar-refractivity contribution in [2.75, 3.05) is 0 Å². The van der Waals surface area contributed by atoms with Crippen LogP contribution in [0.2, 0.25) is 0 Å². The standard InChI is InChI=1S/C4H2BrN3O2S2/c5-3-1-2-4(11-3)12(9,10)8-7-6/h1-2H. The van der Waals surface area contributed by atoms with Gasteiger partial charge in [0.1, 0.15) is 4.21 Å². The van der Waals surface area contributed by atoms with E-state index in [-0.39, 0.29) is 4.21 Å². The lowest BCUT2D eigenvalue weighted by molar-refractivity contribution is 0.599. The molecule has 0 spiro atoms. The number of hydrogen-bond donors (Lipinski definition) is 0. The van der Waals surface area contributed by atoms with Gasteiger partial charge in [0.15, 0.2) is 0 Å². The van der Waals surface area contributed by atoms with Gasteiger partial charge >= 0.3 is 0 Å². The van der Waals surface area contributed by atoms with E-state index in [0.29, 0.717) is 3.79 Å². The molecule has 1 rings (SSSR count). The largest absolute Gasteiger partial charge is 0.273 e. The topological polar surface area (TPSA) is 82.9 Å². The Morgan fingerprint density at radius 3 is 2.67 bits per heavy atom. The van der Waals surface area contributed by atoms with Crippen LogP contribution in [0.15, 0.2) is 24.6 Å². The molecular weight excluding hydrogens is 266 g/mol. The van der Waals surface area contributed by atoms with Crippen LogP contribution in [0.25, 0.3) is 10.4 Å². The summed E-state index contributed by atoms with van der Waals surface area (Å²) in [5.74, 6) is 0. The molecule has 12 heavy (non-hydrogen) atoms. The molecule has 0 saturated heterocycles. The molecule has 0 saturated carbocycles. The maximum Gasteiger partial charge on any atom is 0.273 e. The van der Waals surface area contributed by atoms with E-state index in [0.717, 1.165) is 11.3 Å². The van der Waals surface area contributed by atoms with Crippen molar-refractivity contribution in [3.63, 3.8) is 0 Å². The van der Waals surface area contributed by atoms with Crippen LogP contribution < -0.4 is 0 Å². The van der Waals surface area contributed by atoms with E-state index in [2.05, 4.69) is 25.4 Å². The Labute approximate surface area is 80.8 Å². The van der Waals surface area contributed by atoms with Gasteiger partial charge in [-0.3, -0.25) is 0 Å². The van der Waals surface area contributed by atoms with Gasteiger partial charge in [-0.15, -0.1) is 11.3 Å². The molecule has 1 aromatic rings. The van der Waals surface area contributed by atoms with Gasteiger partial charge in [0, 0.05) is 9.43 Å². The predicted molar refractivity (Wildman–Crippen MR) is 48.4 cm³/mol. The first-order valence-corrected chi connectivity index (χ1v) is 5.68. The summed E-state index contributed by atoms with van der Waals surface area (Å²) in [5, 5.41) is 0. The molecule has 0 aliphatic rings. The van der Waals surface area contributed by atoms with Crippen LogP contribution >= 0.6 is 27.3 Å². The summed E-state index contributed by atoms with van der Waals surface area (Å²) in [6, 6.07) is 2.95. The maximum atomic E-state index is 11.0. The van der Waals surface area contributed by atoms with E-state index in [1.54, 1.807) is 6.07 Å². The van der Waals surface area contributed by atoms with Gasteiger partial charge in [-0.05, 0) is 33.6 Å². The molecule has 0 atom stereocenters. The average molecular weight is 268 g/mol. The molecule has 8 heteroatoms. The first kappa shape index (κ1) is 9.53. The van der Waals surface area contributed by atoms with E-state index in [1.165, 1.54) is 6.07 Å². The molecule has 0 aliphatic carbocycles. The van der Waals surface area contributed by atoms with Gasteiger partial charge in [-0.2, -0.15) is 0 Å². The normalized spacial score (nSPS) is 10.8. The van der Waals surface area contributed by atoms with Crippen LogP contribution in [0.5, 0.6) is 0 Å². The van der Waals surface area contributed by atoms with Crippen molar-refractivity contribution in [1.82, 2.24) is 0 Å². The Bertz CT molecular complexity index is 431. The van der Waals surface area contributed by atoms with Crippen molar-refractivity contribution in [3.05, 3.63) is 26.4 Å². The second-order valence-corrected chi connectivity index (χ2v) is 5.98. The summed E-state index contributed by atoms with van der Waals surface area (Å²) < 4.78 is 25.4. The molecule has 5 nitrogen and oxygen atoms in total. The Hall–Kier alpha value is -0.560. The summed E-state index contributed by atoms with van der Waals surface area (Å²) in [5.41, 5.74) is 7.94. The van der Waals surface area contributed by atoms with E-state index < -0.39 is 10.0 Å². The maximum absolute atomic E-state index is 11.0. The smallest absolute Gasteiger partial charge is 0.215 e. The third-order valence-corrected chi connectivity index (χ3v) is 4.18. The van der Waals surface area contributed by atoms with Gasteiger partial charge in [0.05, 0.1) is 3.79 Å². The first-order chi connectivity index (χ1) is 5.56. The molecule has 1 heterocycles. The highest BCUT2D eigenvalue weighted by atomic mass is 79.9. The number of halogens is 1. The molecule has 0 bridgehead atoms. The lowest BCUT2D eigenvalue weighted by Crippen LogP contribution is -1.89. The van der Waals surface area contributed by atoms with Crippen molar-refractivity contribution in [2.24, 2.45) is 4.52 Å². The minimum absolute atomic E-state index is 0.0344. The minimum Gasteiger partial charge on any atom is -0.215 e. The molecule has 0 amide bonds. The van der Waals surface area contributed by atoms with Crippen molar-refractivity contribution in [2.45, 2.75) is 4.21 Å². The monoisotopic (exact) mass is 267 g/mol. The highest BCUT2D eigenvalue weighted by molar-refractivity contribution is 9.11. The lowest BCUT2D eigenvalue weighted by atomic mass is 10.7. The van der Waals surface area contributed by atoms with E-state index in [9.17, 15) is 8.42 Å². The number of sulfonamides is 1. The third-order valence-electron chi connectivity index (χ3n) is 0.947. The quantitative estimate of drug-likeness (QED) is 0.469. The zero-order chi connectivity index (χ0) is 9.19. The highest BCUT2D eigenvalue weighted by Crippen LogP contribution is 2.27. The lowest BCUT2D eigenvalue weighted by Gasteiger charge is -1.87. The van der Waals surface area contributed by atoms with Gasteiger partial charge in [0.25, 0.3) is 10.0 Å². The molecule has 0 unspecified atom stereocenters. The molecule has 0 fully saturated rings. The number of rotatable bonds is 2. The summed E-state index contributed by atoms with van der Waals surface area (Å²) in [7, 11) is -3.79. The highest BCUT2D eigenvalue weighted by Gasteiger charge is 2.13. The van der Waals surface area contributed by atoms with Crippen LogP contribution in [-0.4, -0.2) is 8.42 Å². The van der Waals surface area contributed by atoms with Gasteiger partial charge in [-0.1, -0.05) is 0 Å². The molecule has 0 N–H and O–H groups in total. The summed E-state index contributed by atoms with van der Waals surface area (Å²) in [4.78, 5) is 2.22. The van der Waals surface area contributed by atoms with Crippen molar-refractivity contribution < 1.29 is 8.42 Å². The number of azide groups is 1. The molecule has 64 valence electrons. The van der Waals surface area contributed by atoms with Gasteiger partial charge in [0.2, 0.25) is 0 Å². The summed E-state index contributed by atoms with van der Waals surface area (Å²) in [6.45, 7) is 0. The van der Waals surface area contributed by atoms with Gasteiger partial charge < -0.3 is 0 Å². The van der Waals surface area contributed by atoms with E-state index >= 15 is 0 Å². The second-order valence-electron chi connectivity index (χ2n) is 1.70. The predicted octanol–water partition coefficient (Wildman–Crippen LogP) is 2.51. The van der Waals surface area contributed by atoms with Crippen LogP contribution in [0.4, 0.5) is 0 Å². The van der Waals surface area contributed by atoms with Crippen LogP contribution in [-0.2, 0) is 10.0 Å². The Morgan fingerprint density at radius 2 is 2.25 bits per heavy atom. The Balaban J connectivity index is 3.23. The molecule has 1 aromatic heterocycles. The fourth-order valence-corrected chi connectivity index (χ4v) is 3.17. The Morgan fingerprint density at radius 1 is 1.58 bits per heavy atom. The fraction of sp³-hybridized carbons (Fsp3) is 0. The Kier molecular flexibility index (Phi) is 2.73. The minimum atomic E-state index is -3.79. The number of thiophene rings is 1. The molecule has 0 aromatic carbocycles. The fourth-order valence-electron chi connectivity index (χ4n) is 0.525. The zero-order valence-corrected chi connectivity index (χ0v) is 8.73. The van der Waals surface area contributed by atoms with Crippen molar-refractivity contribution in [3.8, 4) is 0 Å². The SMILES string of the molecule is [N-]=[N+]=NS(=O)(=O)c1ccc(Br)s1. The summed E-state index contributed by atoms with van der Waals surface area (Å²) in [6.07, 6.45) is 0. The average Bonchev–Trinajstić information content (AvgIpc) is 2.36. The number of hydrogen-bond acceptors (Lipinski definition) is 3. The van der Waals surface area contributed by atoms with E-state index in [1.807, 2.05) is 0 Å². The molecular formula is C4H2BrN3O2S2. The number of nitrogens with zero attached hydrogens (tertiary/aromatic N) is 3. The zero-order valence-electron chi connectivity index (χ0n) is 5.51. The van der Waals surface area contributed by atoms with Crippen LogP contribution in [0, 0.1) is 0 Å². The van der Waals surface area contributed by atoms with Gasteiger partial charge in [-0.25, -0.2) is 8.42 Å². The summed E-state index contributed by atoms with van der Waals surface area (Å²) >= 11 is 4.09. The first-order valence-electron chi connectivity index (χ1n) is 2.63. The second kappa shape index (κ2) is 3.44. The van der Waals surface area contributed by atoms with Crippen molar-refractivity contribution in [1.29, 1.82) is 0 Å². The van der Waals surface area contributed by atoms with Crippen molar-refractivity contribution >= 4 is 37.3 Å². The third kappa shape index (κ3) is 1.98. The van der Waals surface area contributed by atoms with E-state index in [4.69, 9.17) is 5.53 Å². The van der Waals surface area contributed by atoms with Crippen LogP contribution in [0.3, 0.4) is 0 Å².